The summed E-state index contributed by atoms with van der Waals surface area (Å²) in [5, 5.41) is 76.9. The normalized spacial score (nSPS) is 50.0. The molecule has 8 N–H and O–H groups in total. The van der Waals surface area contributed by atoms with Gasteiger partial charge in [-0.2, -0.15) is 0 Å². The maximum absolute atomic E-state index is 9.93. The molecule has 0 aromatic heterocycles. The van der Waals surface area contributed by atoms with Gasteiger partial charge in [0, 0.05) is 0 Å². The summed E-state index contributed by atoms with van der Waals surface area (Å²) in [6.07, 6.45) is -11.0. The van der Waals surface area contributed by atoms with Crippen molar-refractivity contribution in [2.24, 2.45) is 0 Å². The van der Waals surface area contributed by atoms with Gasteiger partial charge < -0.3 is 50.3 Å². The highest BCUT2D eigenvalue weighted by atomic mass is 33.1. The summed E-state index contributed by atoms with van der Waals surface area (Å²) in [6.45, 7) is -1.13. The molecule has 12 heteroatoms. The predicted molar refractivity (Wildman–Crippen MR) is 82.7 cm³/mol. The summed E-state index contributed by atoms with van der Waals surface area (Å²) in [5.41, 5.74) is -2.09. The van der Waals surface area contributed by atoms with E-state index in [2.05, 4.69) is 0 Å². The molecule has 10 nitrogen and oxygen atoms in total. The van der Waals surface area contributed by atoms with Gasteiger partial charge >= 0.3 is 0 Å². The van der Waals surface area contributed by atoms with Gasteiger partial charge in [-0.05, 0) is 0 Å². The summed E-state index contributed by atoms with van der Waals surface area (Å²) in [7, 11) is 1.72. The molecule has 2 rings (SSSR count). The third-order valence-electron chi connectivity index (χ3n) is 3.94. The Morgan fingerprint density at radius 1 is 0.542 bits per heavy atom. The number of ether oxygens (including phenoxy) is 2. The van der Waals surface area contributed by atoms with E-state index in [1.807, 2.05) is 0 Å². The molecule has 0 bridgehead atoms. The van der Waals surface area contributed by atoms with E-state index in [-0.39, 0.29) is 0 Å². The zero-order valence-corrected chi connectivity index (χ0v) is 14.0. The van der Waals surface area contributed by atoms with Crippen molar-refractivity contribution in [2.75, 3.05) is 13.2 Å². The van der Waals surface area contributed by atoms with Gasteiger partial charge in [0.1, 0.15) is 59.7 Å². The summed E-state index contributed by atoms with van der Waals surface area (Å²) in [4.78, 5) is 0. The molecule has 0 saturated carbocycles. The molecule has 0 amide bonds. The van der Waals surface area contributed by atoms with E-state index in [4.69, 9.17) is 19.7 Å². The summed E-state index contributed by atoms with van der Waals surface area (Å²) in [6, 6.07) is 0. The minimum absolute atomic E-state index is 0.563. The highest BCUT2D eigenvalue weighted by Crippen LogP contribution is 2.41. The maximum Gasteiger partial charge on any atom is 0.142 e. The molecule has 142 valence electrons. The molecule has 2 aliphatic heterocycles. The molecular formula is C12H22O10S2. The van der Waals surface area contributed by atoms with Crippen molar-refractivity contribution >= 4 is 21.6 Å². The maximum atomic E-state index is 9.93. The molecule has 2 fully saturated rings. The number of hydrogen-bond acceptors (Lipinski definition) is 12. The molecule has 0 aliphatic carbocycles. The van der Waals surface area contributed by atoms with Gasteiger partial charge in [0.2, 0.25) is 0 Å². The SMILES string of the molecule is OC[C@H]1O[C@@H](SSC2O[C@H](CO)[C@@H](O)[C@H](O)[C@H]2O)[C@H](O)[C@@H](O)[C@@H]1O. The van der Waals surface area contributed by atoms with Crippen LogP contribution in [0.2, 0.25) is 0 Å². The van der Waals surface area contributed by atoms with Crippen LogP contribution in [0, 0.1) is 0 Å². The van der Waals surface area contributed by atoms with Crippen molar-refractivity contribution in [3.8, 4) is 0 Å². The topological polar surface area (TPSA) is 180 Å². The summed E-state index contributed by atoms with van der Waals surface area (Å²) >= 11 is 0. The van der Waals surface area contributed by atoms with Gasteiger partial charge in [-0.3, -0.25) is 0 Å². The van der Waals surface area contributed by atoms with Crippen molar-refractivity contribution in [3.05, 3.63) is 0 Å². The lowest BCUT2D eigenvalue weighted by atomic mass is 10.0. The zero-order valence-electron chi connectivity index (χ0n) is 12.4. The number of rotatable bonds is 5. The van der Waals surface area contributed by atoms with E-state index in [9.17, 15) is 30.6 Å². The second kappa shape index (κ2) is 8.79. The van der Waals surface area contributed by atoms with Gasteiger partial charge in [0.15, 0.2) is 0 Å². The van der Waals surface area contributed by atoms with E-state index in [0.717, 1.165) is 21.6 Å². The van der Waals surface area contributed by atoms with Crippen LogP contribution >= 0.6 is 21.6 Å². The minimum atomic E-state index is -1.52. The summed E-state index contributed by atoms with van der Waals surface area (Å²) < 4.78 is 10.6. The van der Waals surface area contributed by atoms with Crippen LogP contribution in [0.3, 0.4) is 0 Å². The molecule has 2 aliphatic rings. The van der Waals surface area contributed by atoms with Gasteiger partial charge in [0.25, 0.3) is 0 Å². The van der Waals surface area contributed by atoms with Gasteiger partial charge in [-0.25, -0.2) is 0 Å². The molecule has 0 spiro atoms. The molecule has 10 atom stereocenters. The monoisotopic (exact) mass is 390 g/mol. The lowest BCUT2D eigenvalue weighted by Crippen LogP contribution is -2.58. The average molecular weight is 390 g/mol. The third-order valence-corrected chi connectivity index (χ3v) is 6.68. The van der Waals surface area contributed by atoms with E-state index in [0.29, 0.717) is 0 Å². The second-order valence-corrected chi connectivity index (χ2v) is 8.06. The fourth-order valence-electron chi connectivity index (χ4n) is 2.40. The van der Waals surface area contributed by atoms with Crippen LogP contribution in [-0.4, -0.2) is 114 Å². The summed E-state index contributed by atoms with van der Waals surface area (Å²) in [5.74, 6) is 0. The van der Waals surface area contributed by atoms with Crippen molar-refractivity contribution in [3.63, 3.8) is 0 Å². The Morgan fingerprint density at radius 2 is 0.875 bits per heavy atom. The van der Waals surface area contributed by atoms with Crippen LogP contribution in [0.15, 0.2) is 0 Å². The van der Waals surface area contributed by atoms with Crippen LogP contribution in [0.5, 0.6) is 0 Å². The Morgan fingerprint density at radius 3 is 1.17 bits per heavy atom. The van der Waals surface area contributed by atoms with E-state index in [1.165, 1.54) is 0 Å². The number of aliphatic hydroxyl groups excluding tert-OH is 8. The van der Waals surface area contributed by atoms with Crippen molar-refractivity contribution in [1.82, 2.24) is 0 Å². The quantitative estimate of drug-likeness (QED) is 0.213. The van der Waals surface area contributed by atoms with Gasteiger partial charge in [-0.15, -0.1) is 0 Å². The van der Waals surface area contributed by atoms with Crippen molar-refractivity contribution in [2.45, 2.75) is 59.7 Å². The van der Waals surface area contributed by atoms with Crippen LogP contribution in [-0.2, 0) is 9.47 Å². The van der Waals surface area contributed by atoms with Gasteiger partial charge in [0.05, 0.1) is 13.2 Å². The average Bonchev–Trinajstić information content (AvgIpc) is 2.58. The van der Waals surface area contributed by atoms with Crippen LogP contribution < -0.4 is 0 Å². The molecule has 0 radical (unpaired) electrons. The Balaban J connectivity index is 1.96. The Labute approximate surface area is 145 Å². The first kappa shape index (κ1) is 20.6. The first-order valence-corrected chi connectivity index (χ1v) is 9.52. The molecule has 24 heavy (non-hydrogen) atoms. The van der Waals surface area contributed by atoms with Crippen molar-refractivity contribution < 1.29 is 50.3 Å². The highest BCUT2D eigenvalue weighted by Gasteiger charge is 2.47. The lowest BCUT2D eigenvalue weighted by molar-refractivity contribution is -0.206. The smallest absolute Gasteiger partial charge is 0.142 e. The predicted octanol–water partition coefficient (Wildman–Crippen LogP) is -4.03. The first-order chi connectivity index (χ1) is 11.3. The van der Waals surface area contributed by atoms with E-state index < -0.39 is 72.9 Å². The minimum Gasteiger partial charge on any atom is -0.394 e. The molecular weight excluding hydrogens is 368 g/mol. The first-order valence-electron chi connectivity index (χ1n) is 7.25. The lowest BCUT2D eigenvalue weighted by Gasteiger charge is -2.42. The van der Waals surface area contributed by atoms with Crippen LogP contribution in [0.4, 0.5) is 0 Å². The van der Waals surface area contributed by atoms with Crippen LogP contribution in [0.25, 0.3) is 0 Å². The Hall–Kier alpha value is 0.300. The molecule has 0 aromatic carbocycles. The Kier molecular flexibility index (Phi) is 7.55. The van der Waals surface area contributed by atoms with E-state index in [1.54, 1.807) is 0 Å². The van der Waals surface area contributed by atoms with Crippen molar-refractivity contribution in [1.29, 1.82) is 0 Å². The standard InChI is InChI=1S/C12H22O10S2/c13-1-3-5(15)7(17)9(19)11(21-3)23-24-12-10(20)8(18)6(16)4(2-14)22-12/h3-20H,1-2H2/t3-,4-,5-,6-,7+,8+,9-,10-,11+,12?/m1/s1. The molecule has 1 unspecified atom stereocenters. The zero-order chi connectivity index (χ0) is 18.0. The fourth-order valence-corrected chi connectivity index (χ4v) is 5.16. The second-order valence-electron chi connectivity index (χ2n) is 5.59. The number of hydrogen-bond donors (Lipinski definition) is 8. The molecule has 2 saturated heterocycles. The van der Waals surface area contributed by atoms with Gasteiger partial charge in [-0.1, -0.05) is 21.6 Å². The third kappa shape index (κ3) is 4.16. The van der Waals surface area contributed by atoms with Crippen LogP contribution in [0.1, 0.15) is 0 Å². The molecule has 0 aromatic rings. The largest absolute Gasteiger partial charge is 0.394 e. The Bertz CT molecular complexity index is 364. The fraction of sp³-hybridized carbons (Fsp3) is 1.00. The number of aliphatic hydroxyl groups is 8. The highest BCUT2D eigenvalue weighted by molar-refractivity contribution is 8.77. The molecule has 2 heterocycles. The van der Waals surface area contributed by atoms with E-state index >= 15 is 0 Å².